The molecular weight excluding hydrogens is 268 g/mol. The van der Waals surface area contributed by atoms with E-state index in [1.165, 1.54) is 13.2 Å². The molecule has 5 nitrogen and oxygen atoms in total. The Morgan fingerprint density at radius 1 is 1.47 bits per heavy atom. The Balaban J connectivity index is 2.07. The van der Waals surface area contributed by atoms with Gasteiger partial charge in [-0.05, 0) is 37.6 Å². The van der Waals surface area contributed by atoms with Gasteiger partial charge in [0.1, 0.15) is 0 Å². The summed E-state index contributed by atoms with van der Waals surface area (Å²) in [7, 11) is 1.29. The number of amides is 1. The van der Waals surface area contributed by atoms with Gasteiger partial charge in [0.05, 0.1) is 23.7 Å². The molecule has 1 heterocycles. The molecule has 0 spiro atoms. The van der Waals surface area contributed by atoms with Crippen molar-refractivity contribution < 1.29 is 14.3 Å². The third kappa shape index (κ3) is 3.24. The second-order valence-electron chi connectivity index (χ2n) is 4.32. The number of hydrogen-bond acceptors (Lipinski definition) is 4. The fourth-order valence-electron chi connectivity index (χ4n) is 2.01. The molecule has 1 atom stereocenters. The van der Waals surface area contributed by atoms with Gasteiger partial charge in [-0.15, -0.1) is 0 Å². The number of esters is 1. The summed E-state index contributed by atoms with van der Waals surface area (Å²) in [5, 5.41) is 6.14. The summed E-state index contributed by atoms with van der Waals surface area (Å²) in [6.45, 7) is 0.861. The van der Waals surface area contributed by atoms with Crippen LogP contribution in [0.3, 0.4) is 0 Å². The van der Waals surface area contributed by atoms with Gasteiger partial charge in [-0.1, -0.05) is 11.6 Å². The normalized spacial score (nSPS) is 18.1. The lowest BCUT2D eigenvalue weighted by Crippen LogP contribution is -2.35. The van der Waals surface area contributed by atoms with Crippen molar-refractivity contribution in [1.29, 1.82) is 0 Å². The molecule has 1 aliphatic heterocycles. The van der Waals surface area contributed by atoms with Crippen LogP contribution in [0, 0.1) is 0 Å². The van der Waals surface area contributed by atoms with E-state index < -0.39 is 5.97 Å². The number of halogens is 1. The maximum absolute atomic E-state index is 11.9. The third-order valence-corrected chi connectivity index (χ3v) is 3.33. The van der Waals surface area contributed by atoms with Gasteiger partial charge in [0.2, 0.25) is 5.91 Å². The molecular formula is C13H15ClN2O3. The zero-order valence-electron chi connectivity index (χ0n) is 10.5. The Kier molecular flexibility index (Phi) is 4.39. The zero-order valence-corrected chi connectivity index (χ0v) is 11.3. The molecule has 1 fully saturated rings. The standard InChI is InChI=1S/C13H15ClN2O3/c1-19-13(18)9-5-4-8(7-10(9)14)16-12(17)11-3-2-6-15-11/h4-5,7,11,15H,2-3,6H2,1H3,(H,16,17). The van der Waals surface area contributed by atoms with Gasteiger partial charge in [0.25, 0.3) is 0 Å². The van der Waals surface area contributed by atoms with Crippen LogP contribution in [0.4, 0.5) is 5.69 Å². The third-order valence-electron chi connectivity index (χ3n) is 3.02. The number of carbonyl (C=O) groups is 2. The minimum absolute atomic E-state index is 0.0839. The van der Waals surface area contributed by atoms with Crippen molar-refractivity contribution in [1.82, 2.24) is 5.32 Å². The van der Waals surface area contributed by atoms with Gasteiger partial charge < -0.3 is 15.4 Å². The first-order valence-corrected chi connectivity index (χ1v) is 6.41. The molecule has 2 rings (SSSR count). The van der Waals surface area contributed by atoms with E-state index in [0.29, 0.717) is 5.69 Å². The van der Waals surface area contributed by atoms with Crippen molar-refractivity contribution in [3.63, 3.8) is 0 Å². The number of hydrogen-bond donors (Lipinski definition) is 2. The lowest BCUT2D eigenvalue weighted by Gasteiger charge is -2.12. The Morgan fingerprint density at radius 3 is 2.84 bits per heavy atom. The quantitative estimate of drug-likeness (QED) is 0.830. The Hall–Kier alpha value is -1.59. The lowest BCUT2D eigenvalue weighted by atomic mass is 10.2. The van der Waals surface area contributed by atoms with Crippen LogP contribution in [-0.4, -0.2) is 31.6 Å². The van der Waals surface area contributed by atoms with Crippen LogP contribution in [0.15, 0.2) is 18.2 Å². The van der Waals surface area contributed by atoms with E-state index in [1.54, 1.807) is 12.1 Å². The van der Waals surface area contributed by atoms with Gasteiger partial charge in [0, 0.05) is 5.69 Å². The average Bonchev–Trinajstić information content (AvgIpc) is 2.92. The van der Waals surface area contributed by atoms with Crippen molar-refractivity contribution in [2.45, 2.75) is 18.9 Å². The predicted octanol–water partition coefficient (Wildman–Crippen LogP) is 1.82. The highest BCUT2D eigenvalue weighted by atomic mass is 35.5. The van der Waals surface area contributed by atoms with Crippen molar-refractivity contribution in [3.05, 3.63) is 28.8 Å². The summed E-state index contributed by atoms with van der Waals surface area (Å²) in [6, 6.07) is 4.55. The number of nitrogens with one attached hydrogen (secondary N) is 2. The molecule has 19 heavy (non-hydrogen) atoms. The van der Waals surface area contributed by atoms with E-state index in [1.807, 2.05) is 0 Å². The highest BCUT2D eigenvalue weighted by Gasteiger charge is 2.22. The van der Waals surface area contributed by atoms with E-state index in [-0.39, 0.29) is 22.5 Å². The monoisotopic (exact) mass is 282 g/mol. The number of ether oxygens (including phenoxy) is 1. The first-order valence-electron chi connectivity index (χ1n) is 6.04. The van der Waals surface area contributed by atoms with Gasteiger partial charge in [-0.25, -0.2) is 4.79 Å². The molecule has 0 bridgehead atoms. The number of carbonyl (C=O) groups excluding carboxylic acids is 2. The highest BCUT2D eigenvalue weighted by molar-refractivity contribution is 6.34. The SMILES string of the molecule is COC(=O)c1ccc(NC(=O)C2CCCN2)cc1Cl. The van der Waals surface area contributed by atoms with Gasteiger partial charge in [-0.3, -0.25) is 4.79 Å². The summed E-state index contributed by atoms with van der Waals surface area (Å²) in [5.74, 6) is -0.584. The van der Waals surface area contributed by atoms with Crippen LogP contribution in [-0.2, 0) is 9.53 Å². The fraction of sp³-hybridized carbons (Fsp3) is 0.385. The summed E-state index contributed by atoms with van der Waals surface area (Å²) < 4.78 is 4.60. The van der Waals surface area contributed by atoms with Crippen molar-refractivity contribution in [2.24, 2.45) is 0 Å². The van der Waals surface area contributed by atoms with Gasteiger partial charge in [0.15, 0.2) is 0 Å². The van der Waals surface area contributed by atoms with Crippen LogP contribution in [0.1, 0.15) is 23.2 Å². The molecule has 0 radical (unpaired) electrons. The van der Waals surface area contributed by atoms with Crippen molar-refractivity contribution >= 4 is 29.2 Å². The first-order chi connectivity index (χ1) is 9.11. The summed E-state index contributed by atoms with van der Waals surface area (Å²) >= 11 is 5.98. The van der Waals surface area contributed by atoms with Crippen LogP contribution in [0.2, 0.25) is 5.02 Å². The second kappa shape index (κ2) is 6.04. The minimum atomic E-state index is -0.500. The molecule has 2 N–H and O–H groups in total. The molecule has 0 aliphatic carbocycles. The molecule has 1 unspecified atom stereocenters. The number of benzene rings is 1. The predicted molar refractivity (Wildman–Crippen MR) is 72.4 cm³/mol. The summed E-state index contributed by atoms with van der Waals surface area (Å²) in [6.07, 6.45) is 1.83. The smallest absolute Gasteiger partial charge is 0.339 e. The second-order valence-corrected chi connectivity index (χ2v) is 4.73. The highest BCUT2D eigenvalue weighted by Crippen LogP contribution is 2.22. The van der Waals surface area contributed by atoms with Crippen LogP contribution in [0.25, 0.3) is 0 Å². The number of methoxy groups -OCH3 is 1. The van der Waals surface area contributed by atoms with E-state index in [2.05, 4.69) is 15.4 Å². The lowest BCUT2D eigenvalue weighted by molar-refractivity contribution is -0.117. The largest absolute Gasteiger partial charge is 0.465 e. The zero-order chi connectivity index (χ0) is 13.8. The molecule has 0 aromatic heterocycles. The van der Waals surface area contributed by atoms with Crippen LogP contribution < -0.4 is 10.6 Å². The summed E-state index contributed by atoms with van der Waals surface area (Å²) in [4.78, 5) is 23.3. The molecule has 1 amide bonds. The Morgan fingerprint density at radius 2 is 2.26 bits per heavy atom. The molecule has 1 aromatic rings. The molecule has 1 aliphatic rings. The minimum Gasteiger partial charge on any atom is -0.465 e. The van der Waals surface area contributed by atoms with Gasteiger partial charge >= 0.3 is 5.97 Å². The topological polar surface area (TPSA) is 67.4 Å². The van der Waals surface area contributed by atoms with E-state index >= 15 is 0 Å². The maximum atomic E-state index is 11.9. The average molecular weight is 283 g/mol. The molecule has 6 heteroatoms. The van der Waals surface area contributed by atoms with Crippen LogP contribution in [0.5, 0.6) is 0 Å². The number of rotatable bonds is 3. The van der Waals surface area contributed by atoms with E-state index in [4.69, 9.17) is 11.6 Å². The van der Waals surface area contributed by atoms with Gasteiger partial charge in [-0.2, -0.15) is 0 Å². The Labute approximate surface area is 116 Å². The van der Waals surface area contributed by atoms with Crippen LogP contribution >= 0.6 is 11.6 Å². The fourth-order valence-corrected chi connectivity index (χ4v) is 2.26. The first kappa shape index (κ1) is 13.8. The maximum Gasteiger partial charge on any atom is 0.339 e. The molecule has 1 saturated heterocycles. The van der Waals surface area contributed by atoms with E-state index in [0.717, 1.165) is 19.4 Å². The van der Waals surface area contributed by atoms with E-state index in [9.17, 15) is 9.59 Å². The molecule has 1 aromatic carbocycles. The van der Waals surface area contributed by atoms with Crippen molar-refractivity contribution in [2.75, 3.05) is 19.0 Å². The molecule has 0 saturated carbocycles. The molecule has 102 valence electrons. The number of anilines is 1. The summed E-state index contributed by atoms with van der Waals surface area (Å²) in [5.41, 5.74) is 0.845. The Bertz CT molecular complexity index is 499. The van der Waals surface area contributed by atoms with Crippen molar-refractivity contribution in [3.8, 4) is 0 Å².